The third-order valence-electron chi connectivity index (χ3n) is 3.25. The molecule has 0 atom stereocenters. The van der Waals surface area contributed by atoms with E-state index in [1.807, 2.05) is 5.40 Å². The second kappa shape index (κ2) is 6.10. The molecule has 2 heterocycles. The summed E-state index contributed by atoms with van der Waals surface area (Å²) in [7, 11) is 0. The fourth-order valence-electron chi connectivity index (χ4n) is 2.26. The van der Waals surface area contributed by atoms with Crippen molar-refractivity contribution < 1.29 is 9.18 Å². The van der Waals surface area contributed by atoms with Crippen LogP contribution in [0.25, 0.3) is 5.65 Å². The van der Waals surface area contributed by atoms with Gasteiger partial charge in [0.1, 0.15) is 22.6 Å². The summed E-state index contributed by atoms with van der Waals surface area (Å²) in [5.41, 5.74) is 1.90. The van der Waals surface area contributed by atoms with Gasteiger partial charge in [0.25, 0.3) is 5.91 Å². The van der Waals surface area contributed by atoms with Crippen molar-refractivity contribution in [3.05, 3.63) is 59.8 Å². The maximum atomic E-state index is 13.4. The van der Waals surface area contributed by atoms with Crippen LogP contribution in [-0.4, -0.2) is 15.3 Å². The molecule has 0 unspecified atom stereocenters. The topological polar surface area (TPSA) is 70.2 Å². The number of fused-ring (bicyclic) bond motifs is 1. The molecule has 0 saturated heterocycles. The van der Waals surface area contributed by atoms with Gasteiger partial charge in [-0.15, -0.1) is 0 Å². The number of imidazole rings is 1. The van der Waals surface area contributed by atoms with Crippen LogP contribution >= 0.6 is 11.8 Å². The Morgan fingerprint density at radius 3 is 2.74 bits per heavy atom. The van der Waals surface area contributed by atoms with E-state index in [0.29, 0.717) is 17.0 Å². The number of hydrogen-bond donors (Lipinski definition) is 1. The lowest BCUT2D eigenvalue weighted by atomic mass is 10.3. The van der Waals surface area contributed by atoms with E-state index in [9.17, 15) is 9.18 Å². The van der Waals surface area contributed by atoms with E-state index in [-0.39, 0.29) is 11.6 Å². The zero-order chi connectivity index (χ0) is 16.4. The molecule has 0 spiro atoms. The van der Waals surface area contributed by atoms with Crippen molar-refractivity contribution >= 4 is 29.0 Å². The van der Waals surface area contributed by atoms with Gasteiger partial charge >= 0.3 is 0 Å². The molecule has 7 heteroatoms. The zero-order valence-electron chi connectivity index (χ0n) is 12.1. The van der Waals surface area contributed by atoms with Crippen LogP contribution in [0.3, 0.4) is 0 Å². The molecule has 0 saturated carbocycles. The van der Waals surface area contributed by atoms with Crippen LogP contribution in [0.15, 0.2) is 47.5 Å². The molecule has 0 radical (unpaired) electrons. The van der Waals surface area contributed by atoms with Crippen LogP contribution in [0.4, 0.5) is 10.1 Å². The molecule has 114 valence electrons. The van der Waals surface area contributed by atoms with E-state index < -0.39 is 5.82 Å². The number of rotatable bonds is 3. The summed E-state index contributed by atoms with van der Waals surface area (Å²) in [6, 6.07) is 9.71. The Kier molecular flexibility index (Phi) is 4.00. The van der Waals surface area contributed by atoms with Crippen LogP contribution in [0.5, 0.6) is 0 Å². The molecule has 5 nitrogen and oxygen atoms in total. The van der Waals surface area contributed by atoms with E-state index in [4.69, 9.17) is 5.26 Å². The van der Waals surface area contributed by atoms with Crippen molar-refractivity contribution in [3.8, 4) is 5.40 Å². The van der Waals surface area contributed by atoms with Crippen molar-refractivity contribution in [2.24, 2.45) is 0 Å². The largest absolute Gasteiger partial charge is 0.321 e. The summed E-state index contributed by atoms with van der Waals surface area (Å²) in [5, 5.41) is 13.3. The number of amides is 1. The number of aromatic nitrogens is 2. The van der Waals surface area contributed by atoms with Crippen LogP contribution in [-0.2, 0) is 0 Å². The molecule has 0 aliphatic heterocycles. The SMILES string of the molecule is Cc1nc2ccc(F)cn2c1C(=O)Nc1ccc(SC#N)cc1. The molecule has 3 rings (SSSR count). The van der Waals surface area contributed by atoms with Crippen molar-refractivity contribution in [3.63, 3.8) is 0 Å². The molecular formula is C16H11FN4OS. The molecule has 0 aliphatic carbocycles. The number of hydrogen-bond acceptors (Lipinski definition) is 4. The Morgan fingerprint density at radius 2 is 2.04 bits per heavy atom. The molecule has 0 fully saturated rings. The van der Waals surface area contributed by atoms with Crippen LogP contribution < -0.4 is 5.32 Å². The predicted molar refractivity (Wildman–Crippen MR) is 85.8 cm³/mol. The third-order valence-corrected chi connectivity index (χ3v) is 3.85. The molecule has 0 aliphatic rings. The van der Waals surface area contributed by atoms with Crippen molar-refractivity contribution in [2.45, 2.75) is 11.8 Å². The van der Waals surface area contributed by atoms with Gasteiger partial charge in [-0.2, -0.15) is 5.26 Å². The Bertz CT molecular complexity index is 928. The lowest BCUT2D eigenvalue weighted by molar-refractivity contribution is 0.102. The monoisotopic (exact) mass is 326 g/mol. The molecule has 2 aromatic heterocycles. The summed E-state index contributed by atoms with van der Waals surface area (Å²) in [6.07, 6.45) is 1.23. The molecule has 1 aromatic carbocycles. The lowest BCUT2D eigenvalue weighted by Crippen LogP contribution is -2.15. The molecule has 3 aromatic rings. The van der Waals surface area contributed by atoms with Gasteiger partial charge in [-0.25, -0.2) is 9.37 Å². The number of carbonyl (C=O) groups is 1. The van der Waals surface area contributed by atoms with Crippen LogP contribution in [0.1, 0.15) is 16.2 Å². The Labute approximate surface area is 135 Å². The van der Waals surface area contributed by atoms with E-state index in [2.05, 4.69) is 10.3 Å². The summed E-state index contributed by atoms with van der Waals surface area (Å²) in [5.74, 6) is -0.817. The quantitative estimate of drug-likeness (QED) is 0.589. The van der Waals surface area contributed by atoms with Crippen LogP contribution in [0, 0.1) is 23.4 Å². The maximum absolute atomic E-state index is 13.4. The lowest BCUT2D eigenvalue weighted by Gasteiger charge is -2.06. The van der Waals surface area contributed by atoms with Gasteiger partial charge in [-0.1, -0.05) is 0 Å². The highest BCUT2D eigenvalue weighted by atomic mass is 32.2. The maximum Gasteiger partial charge on any atom is 0.274 e. The highest BCUT2D eigenvalue weighted by Gasteiger charge is 2.17. The number of anilines is 1. The number of carbonyl (C=O) groups excluding carboxylic acids is 1. The second-order valence-electron chi connectivity index (χ2n) is 4.79. The van der Waals surface area contributed by atoms with E-state index in [1.54, 1.807) is 31.2 Å². The van der Waals surface area contributed by atoms with Gasteiger partial charge < -0.3 is 5.32 Å². The van der Waals surface area contributed by atoms with Crippen LogP contribution in [0.2, 0.25) is 0 Å². The summed E-state index contributed by atoms with van der Waals surface area (Å²) >= 11 is 1.04. The Hall–Kier alpha value is -2.85. The molecular weight excluding hydrogens is 315 g/mol. The number of halogens is 1. The van der Waals surface area contributed by atoms with Gasteiger partial charge in [0.05, 0.1) is 5.69 Å². The molecule has 1 N–H and O–H groups in total. The zero-order valence-corrected chi connectivity index (χ0v) is 12.9. The first kappa shape index (κ1) is 15.1. The first-order valence-electron chi connectivity index (χ1n) is 6.70. The van der Waals surface area contributed by atoms with Crippen molar-refractivity contribution in [1.82, 2.24) is 9.38 Å². The highest BCUT2D eigenvalue weighted by molar-refractivity contribution is 8.03. The van der Waals surface area contributed by atoms with E-state index >= 15 is 0 Å². The number of nitriles is 1. The Morgan fingerprint density at radius 1 is 1.30 bits per heavy atom. The van der Waals surface area contributed by atoms with Gasteiger partial charge in [0.15, 0.2) is 0 Å². The Balaban J connectivity index is 1.90. The number of nitrogens with one attached hydrogen (secondary N) is 1. The number of aryl methyl sites for hydroxylation is 1. The highest BCUT2D eigenvalue weighted by Crippen LogP contribution is 2.20. The van der Waals surface area contributed by atoms with Gasteiger partial charge in [0, 0.05) is 16.8 Å². The van der Waals surface area contributed by atoms with E-state index in [1.165, 1.54) is 22.7 Å². The number of thioether (sulfide) groups is 1. The third kappa shape index (κ3) is 3.03. The fraction of sp³-hybridized carbons (Fsp3) is 0.0625. The normalized spacial score (nSPS) is 10.5. The average Bonchev–Trinajstić information content (AvgIpc) is 2.84. The minimum atomic E-state index is -0.443. The van der Waals surface area contributed by atoms with Gasteiger partial charge in [-0.05, 0) is 55.1 Å². The van der Waals surface area contributed by atoms with Crippen molar-refractivity contribution in [1.29, 1.82) is 5.26 Å². The molecule has 23 heavy (non-hydrogen) atoms. The smallest absolute Gasteiger partial charge is 0.274 e. The molecule has 0 bridgehead atoms. The average molecular weight is 326 g/mol. The van der Waals surface area contributed by atoms with E-state index in [0.717, 1.165) is 16.7 Å². The first-order chi connectivity index (χ1) is 11.1. The number of pyridine rings is 1. The second-order valence-corrected chi connectivity index (χ2v) is 5.65. The van der Waals surface area contributed by atoms with Gasteiger partial charge in [0.2, 0.25) is 0 Å². The number of nitrogens with zero attached hydrogens (tertiary/aromatic N) is 3. The predicted octanol–water partition coefficient (Wildman–Crippen LogP) is 3.61. The number of thiocyanates is 1. The molecule has 1 amide bonds. The minimum absolute atomic E-state index is 0.287. The summed E-state index contributed by atoms with van der Waals surface area (Å²) < 4.78 is 14.9. The van der Waals surface area contributed by atoms with Crippen molar-refractivity contribution in [2.75, 3.05) is 5.32 Å². The van der Waals surface area contributed by atoms with Gasteiger partial charge in [-0.3, -0.25) is 9.20 Å². The fourth-order valence-corrected chi connectivity index (χ4v) is 2.64. The minimum Gasteiger partial charge on any atom is -0.321 e. The standard InChI is InChI=1S/C16H11FN4OS/c1-10-15(21-8-11(17)2-7-14(21)19-10)16(22)20-12-3-5-13(6-4-12)23-9-18/h2-8H,1H3,(H,20,22). The first-order valence-corrected chi connectivity index (χ1v) is 7.51. The summed E-state index contributed by atoms with van der Waals surface area (Å²) in [4.78, 5) is 17.5. The number of benzene rings is 1. The summed E-state index contributed by atoms with van der Waals surface area (Å²) in [6.45, 7) is 1.70.